The van der Waals surface area contributed by atoms with Crippen molar-refractivity contribution in [2.75, 3.05) is 11.9 Å². The van der Waals surface area contributed by atoms with Crippen LogP contribution in [0.2, 0.25) is 0 Å². The minimum Gasteiger partial charge on any atom is -0.484 e. The van der Waals surface area contributed by atoms with Crippen LogP contribution in [0.3, 0.4) is 0 Å². The largest absolute Gasteiger partial charge is 0.484 e. The van der Waals surface area contributed by atoms with Gasteiger partial charge in [-0.2, -0.15) is 4.98 Å². The molecular formula is C23H18FN3O3. The maximum atomic E-state index is 13.0. The summed E-state index contributed by atoms with van der Waals surface area (Å²) in [5.41, 5.74) is 3.10. The molecule has 0 saturated carbocycles. The van der Waals surface area contributed by atoms with Gasteiger partial charge in [-0.15, -0.1) is 0 Å². The van der Waals surface area contributed by atoms with Gasteiger partial charge in [-0.05, 0) is 67.6 Å². The molecule has 0 aliphatic rings. The summed E-state index contributed by atoms with van der Waals surface area (Å²) in [7, 11) is 0. The van der Waals surface area contributed by atoms with Crippen molar-refractivity contribution in [2.45, 2.75) is 6.92 Å². The average Bonchev–Trinajstić information content (AvgIpc) is 3.25. The Kier molecular flexibility index (Phi) is 5.52. The first-order chi connectivity index (χ1) is 14.6. The molecule has 1 heterocycles. The molecule has 3 aromatic carbocycles. The molecule has 0 fully saturated rings. The Bertz CT molecular complexity index is 1140. The minimum atomic E-state index is -0.329. The second kappa shape index (κ2) is 8.57. The minimum absolute atomic E-state index is 0.0878. The molecule has 0 aliphatic carbocycles. The van der Waals surface area contributed by atoms with E-state index in [0.717, 1.165) is 5.56 Å². The smallest absolute Gasteiger partial charge is 0.262 e. The molecular weight excluding hydrogens is 385 g/mol. The SMILES string of the molecule is Cc1ccc(OCC(=O)Nc2ccc(-c3nc(-c4ccc(F)cc4)no3)cc2)cc1. The van der Waals surface area contributed by atoms with Crippen LogP contribution in [0.5, 0.6) is 5.75 Å². The van der Waals surface area contributed by atoms with Crippen molar-refractivity contribution in [3.63, 3.8) is 0 Å². The standard InChI is InChI=1S/C23H18FN3O3/c1-15-2-12-20(13-3-15)29-14-21(28)25-19-10-6-17(7-11-19)23-26-22(27-30-23)16-4-8-18(24)9-5-16/h2-13H,14H2,1H3,(H,25,28). The number of carbonyl (C=O) groups is 1. The van der Waals surface area contributed by atoms with Crippen LogP contribution in [0.1, 0.15) is 5.56 Å². The Balaban J connectivity index is 1.36. The van der Waals surface area contributed by atoms with E-state index < -0.39 is 0 Å². The highest BCUT2D eigenvalue weighted by Gasteiger charge is 2.11. The number of amides is 1. The van der Waals surface area contributed by atoms with Gasteiger partial charge in [0.1, 0.15) is 11.6 Å². The van der Waals surface area contributed by atoms with Crippen LogP contribution < -0.4 is 10.1 Å². The van der Waals surface area contributed by atoms with Gasteiger partial charge in [0.25, 0.3) is 11.8 Å². The molecule has 0 atom stereocenters. The fourth-order valence-electron chi connectivity index (χ4n) is 2.73. The average molecular weight is 403 g/mol. The molecule has 0 saturated heterocycles. The molecule has 0 aliphatic heterocycles. The van der Waals surface area contributed by atoms with E-state index in [1.54, 1.807) is 36.4 Å². The number of halogens is 1. The fraction of sp³-hybridized carbons (Fsp3) is 0.0870. The molecule has 4 aromatic rings. The number of aryl methyl sites for hydroxylation is 1. The first kappa shape index (κ1) is 19.3. The van der Waals surface area contributed by atoms with E-state index in [9.17, 15) is 9.18 Å². The number of nitrogens with zero attached hydrogens (tertiary/aromatic N) is 2. The molecule has 0 spiro atoms. The normalized spacial score (nSPS) is 10.6. The van der Waals surface area contributed by atoms with Gasteiger partial charge in [-0.3, -0.25) is 4.79 Å². The van der Waals surface area contributed by atoms with Gasteiger partial charge in [-0.25, -0.2) is 4.39 Å². The van der Waals surface area contributed by atoms with Crippen LogP contribution in [0.15, 0.2) is 77.3 Å². The Morgan fingerprint density at radius 2 is 1.63 bits per heavy atom. The first-order valence-electron chi connectivity index (χ1n) is 9.26. The number of aromatic nitrogens is 2. The maximum Gasteiger partial charge on any atom is 0.262 e. The van der Waals surface area contributed by atoms with Crippen LogP contribution in [0.25, 0.3) is 22.8 Å². The van der Waals surface area contributed by atoms with Gasteiger partial charge in [0.2, 0.25) is 5.82 Å². The predicted octanol–water partition coefficient (Wildman–Crippen LogP) is 4.87. The van der Waals surface area contributed by atoms with Gasteiger partial charge in [0, 0.05) is 16.8 Å². The van der Waals surface area contributed by atoms with Crippen molar-refractivity contribution < 1.29 is 18.4 Å². The van der Waals surface area contributed by atoms with E-state index in [2.05, 4.69) is 15.5 Å². The Labute approximate surface area is 172 Å². The third-order valence-electron chi connectivity index (χ3n) is 4.33. The highest BCUT2D eigenvalue weighted by Crippen LogP contribution is 2.23. The summed E-state index contributed by atoms with van der Waals surface area (Å²) in [5.74, 6) is 0.745. The highest BCUT2D eigenvalue weighted by atomic mass is 19.1. The zero-order chi connectivity index (χ0) is 20.9. The van der Waals surface area contributed by atoms with E-state index in [-0.39, 0.29) is 18.3 Å². The molecule has 1 N–H and O–H groups in total. The fourth-order valence-corrected chi connectivity index (χ4v) is 2.73. The Morgan fingerprint density at radius 3 is 2.33 bits per heavy atom. The van der Waals surface area contributed by atoms with E-state index >= 15 is 0 Å². The zero-order valence-corrected chi connectivity index (χ0v) is 16.1. The summed E-state index contributed by atoms with van der Waals surface area (Å²) < 4.78 is 23.8. The molecule has 30 heavy (non-hydrogen) atoms. The van der Waals surface area contributed by atoms with Crippen molar-refractivity contribution in [3.8, 4) is 28.6 Å². The second-order valence-corrected chi connectivity index (χ2v) is 6.66. The van der Waals surface area contributed by atoms with Crippen LogP contribution in [0, 0.1) is 12.7 Å². The van der Waals surface area contributed by atoms with Gasteiger partial charge < -0.3 is 14.6 Å². The molecule has 6 nitrogen and oxygen atoms in total. The van der Waals surface area contributed by atoms with E-state index in [1.165, 1.54) is 12.1 Å². The zero-order valence-electron chi connectivity index (χ0n) is 16.1. The number of benzene rings is 3. The summed E-state index contributed by atoms with van der Waals surface area (Å²) in [4.78, 5) is 16.4. The summed E-state index contributed by atoms with van der Waals surface area (Å²) in [6.45, 7) is 1.90. The second-order valence-electron chi connectivity index (χ2n) is 6.66. The number of ether oxygens (including phenoxy) is 1. The van der Waals surface area contributed by atoms with Crippen molar-refractivity contribution in [1.82, 2.24) is 10.1 Å². The summed E-state index contributed by atoms with van der Waals surface area (Å²) in [6, 6.07) is 20.3. The lowest BCUT2D eigenvalue weighted by atomic mass is 10.2. The summed E-state index contributed by atoms with van der Waals surface area (Å²) in [5, 5.41) is 6.70. The molecule has 0 radical (unpaired) electrons. The topological polar surface area (TPSA) is 77.2 Å². The van der Waals surface area contributed by atoms with Crippen LogP contribution in [-0.2, 0) is 4.79 Å². The maximum absolute atomic E-state index is 13.0. The monoisotopic (exact) mass is 403 g/mol. The number of nitrogens with one attached hydrogen (secondary N) is 1. The molecule has 7 heteroatoms. The van der Waals surface area contributed by atoms with Crippen molar-refractivity contribution in [3.05, 3.63) is 84.2 Å². The lowest BCUT2D eigenvalue weighted by Gasteiger charge is -2.08. The lowest BCUT2D eigenvalue weighted by molar-refractivity contribution is -0.118. The van der Waals surface area contributed by atoms with Crippen molar-refractivity contribution in [2.24, 2.45) is 0 Å². The highest BCUT2D eigenvalue weighted by molar-refractivity contribution is 5.92. The summed E-state index contributed by atoms with van der Waals surface area (Å²) >= 11 is 0. The van der Waals surface area contributed by atoms with E-state index in [1.807, 2.05) is 31.2 Å². The van der Waals surface area contributed by atoms with E-state index in [0.29, 0.717) is 34.3 Å². The van der Waals surface area contributed by atoms with Crippen molar-refractivity contribution in [1.29, 1.82) is 0 Å². The number of hydrogen-bond acceptors (Lipinski definition) is 5. The number of anilines is 1. The predicted molar refractivity (Wildman–Crippen MR) is 110 cm³/mol. The molecule has 4 rings (SSSR count). The molecule has 0 unspecified atom stereocenters. The Hall–Kier alpha value is -4.00. The first-order valence-corrected chi connectivity index (χ1v) is 9.26. The number of hydrogen-bond donors (Lipinski definition) is 1. The molecule has 1 aromatic heterocycles. The third-order valence-corrected chi connectivity index (χ3v) is 4.33. The van der Waals surface area contributed by atoms with Gasteiger partial charge in [0.15, 0.2) is 6.61 Å². The van der Waals surface area contributed by atoms with Gasteiger partial charge in [-0.1, -0.05) is 22.9 Å². The van der Waals surface area contributed by atoms with Gasteiger partial charge >= 0.3 is 0 Å². The Morgan fingerprint density at radius 1 is 0.967 bits per heavy atom. The molecule has 0 bridgehead atoms. The quantitative estimate of drug-likeness (QED) is 0.497. The third kappa shape index (κ3) is 4.70. The summed E-state index contributed by atoms with van der Waals surface area (Å²) in [6.07, 6.45) is 0. The van der Waals surface area contributed by atoms with Gasteiger partial charge in [0.05, 0.1) is 0 Å². The van der Waals surface area contributed by atoms with Crippen LogP contribution in [0.4, 0.5) is 10.1 Å². The number of rotatable bonds is 6. The molecule has 150 valence electrons. The lowest BCUT2D eigenvalue weighted by Crippen LogP contribution is -2.20. The van der Waals surface area contributed by atoms with Crippen LogP contribution >= 0.6 is 0 Å². The van der Waals surface area contributed by atoms with Crippen molar-refractivity contribution >= 4 is 11.6 Å². The number of carbonyl (C=O) groups excluding carboxylic acids is 1. The molecule has 1 amide bonds. The van der Waals surface area contributed by atoms with Crippen LogP contribution in [-0.4, -0.2) is 22.7 Å². The van der Waals surface area contributed by atoms with E-state index in [4.69, 9.17) is 9.26 Å².